The highest BCUT2D eigenvalue weighted by Crippen LogP contribution is 2.21. The Labute approximate surface area is 82.2 Å². The van der Waals surface area contributed by atoms with Crippen LogP contribution in [0, 0.1) is 12.7 Å². The van der Waals surface area contributed by atoms with Crippen LogP contribution >= 0.6 is 0 Å². The molecule has 0 aliphatic rings. The molecule has 0 fully saturated rings. The van der Waals surface area contributed by atoms with Gasteiger partial charge in [0, 0.05) is 17.5 Å². The molecule has 1 aromatic carbocycles. The van der Waals surface area contributed by atoms with Crippen molar-refractivity contribution in [2.75, 3.05) is 0 Å². The van der Waals surface area contributed by atoms with Crippen LogP contribution in [0.15, 0.2) is 42.6 Å². The smallest absolute Gasteiger partial charge is 0.123 e. The summed E-state index contributed by atoms with van der Waals surface area (Å²) in [4.78, 5) is 4.18. The van der Waals surface area contributed by atoms with Crippen molar-refractivity contribution >= 4 is 0 Å². The third-order valence-corrected chi connectivity index (χ3v) is 2.16. The van der Waals surface area contributed by atoms with E-state index in [1.807, 2.05) is 19.1 Å². The average Bonchev–Trinajstić information content (AvgIpc) is 2.20. The van der Waals surface area contributed by atoms with E-state index < -0.39 is 0 Å². The van der Waals surface area contributed by atoms with Crippen LogP contribution in [0.5, 0.6) is 0 Å². The first kappa shape index (κ1) is 8.88. The van der Waals surface area contributed by atoms with E-state index >= 15 is 0 Å². The van der Waals surface area contributed by atoms with Gasteiger partial charge in [-0.3, -0.25) is 4.98 Å². The second-order valence-electron chi connectivity index (χ2n) is 3.14. The van der Waals surface area contributed by atoms with Gasteiger partial charge >= 0.3 is 0 Å². The number of benzene rings is 1. The molecule has 0 amide bonds. The molecule has 0 radical (unpaired) electrons. The van der Waals surface area contributed by atoms with Gasteiger partial charge in [0.15, 0.2) is 0 Å². The zero-order valence-electron chi connectivity index (χ0n) is 7.87. The minimum absolute atomic E-state index is 0.213. The van der Waals surface area contributed by atoms with E-state index in [2.05, 4.69) is 4.98 Å². The van der Waals surface area contributed by atoms with Gasteiger partial charge in [-0.15, -0.1) is 0 Å². The SMILES string of the molecule is Cc1ncccc1-c1ccc(F)cc1. The number of aromatic nitrogens is 1. The summed E-state index contributed by atoms with van der Waals surface area (Å²) in [6.07, 6.45) is 1.75. The minimum Gasteiger partial charge on any atom is -0.261 e. The van der Waals surface area contributed by atoms with Crippen LogP contribution in [0.4, 0.5) is 4.39 Å². The standard InChI is InChI=1S/C12H10FN/c1-9-12(3-2-8-14-9)10-4-6-11(13)7-5-10/h2-8H,1H3. The van der Waals surface area contributed by atoms with Gasteiger partial charge in [-0.1, -0.05) is 18.2 Å². The van der Waals surface area contributed by atoms with Gasteiger partial charge in [-0.2, -0.15) is 0 Å². The molecule has 2 rings (SSSR count). The van der Waals surface area contributed by atoms with E-state index in [4.69, 9.17) is 0 Å². The Morgan fingerprint density at radius 2 is 1.79 bits per heavy atom. The van der Waals surface area contributed by atoms with E-state index in [9.17, 15) is 4.39 Å². The van der Waals surface area contributed by atoms with Crippen molar-refractivity contribution in [3.05, 3.63) is 54.1 Å². The highest BCUT2D eigenvalue weighted by molar-refractivity contribution is 5.65. The first-order valence-electron chi connectivity index (χ1n) is 4.45. The summed E-state index contributed by atoms with van der Waals surface area (Å²) in [5.41, 5.74) is 3.00. The zero-order valence-corrected chi connectivity index (χ0v) is 7.87. The summed E-state index contributed by atoms with van der Waals surface area (Å²) in [5.74, 6) is -0.213. The first-order valence-corrected chi connectivity index (χ1v) is 4.45. The molecule has 1 nitrogen and oxygen atoms in total. The van der Waals surface area contributed by atoms with Gasteiger partial charge in [0.25, 0.3) is 0 Å². The molecule has 70 valence electrons. The predicted octanol–water partition coefficient (Wildman–Crippen LogP) is 3.20. The Morgan fingerprint density at radius 1 is 1.07 bits per heavy atom. The summed E-state index contributed by atoms with van der Waals surface area (Å²) < 4.78 is 12.7. The van der Waals surface area contributed by atoms with Crippen molar-refractivity contribution in [3.8, 4) is 11.1 Å². The Morgan fingerprint density at radius 3 is 2.43 bits per heavy atom. The summed E-state index contributed by atoms with van der Waals surface area (Å²) in [7, 11) is 0. The monoisotopic (exact) mass is 187 g/mol. The van der Waals surface area contributed by atoms with Crippen LogP contribution in [-0.2, 0) is 0 Å². The fraction of sp³-hybridized carbons (Fsp3) is 0.0833. The number of hydrogen-bond donors (Lipinski definition) is 0. The molecule has 2 heteroatoms. The van der Waals surface area contributed by atoms with E-state index in [1.54, 1.807) is 18.3 Å². The summed E-state index contributed by atoms with van der Waals surface area (Å²) in [6.45, 7) is 1.94. The summed E-state index contributed by atoms with van der Waals surface area (Å²) in [5, 5.41) is 0. The second kappa shape index (κ2) is 3.58. The topological polar surface area (TPSA) is 12.9 Å². The second-order valence-corrected chi connectivity index (χ2v) is 3.14. The number of pyridine rings is 1. The third-order valence-electron chi connectivity index (χ3n) is 2.16. The lowest BCUT2D eigenvalue weighted by Gasteiger charge is -2.03. The van der Waals surface area contributed by atoms with Crippen molar-refractivity contribution in [3.63, 3.8) is 0 Å². The molecule has 0 saturated carbocycles. The molecular formula is C12H10FN. The van der Waals surface area contributed by atoms with E-state index in [0.717, 1.165) is 16.8 Å². The van der Waals surface area contributed by atoms with Crippen molar-refractivity contribution in [1.29, 1.82) is 0 Å². The molecule has 0 bridgehead atoms. The van der Waals surface area contributed by atoms with E-state index in [1.165, 1.54) is 12.1 Å². The van der Waals surface area contributed by atoms with E-state index in [-0.39, 0.29) is 5.82 Å². The maximum absolute atomic E-state index is 12.7. The molecule has 1 heterocycles. The normalized spacial score (nSPS) is 10.1. The van der Waals surface area contributed by atoms with Gasteiger partial charge in [-0.25, -0.2) is 4.39 Å². The largest absolute Gasteiger partial charge is 0.261 e. The Bertz CT molecular complexity index is 434. The fourth-order valence-electron chi connectivity index (χ4n) is 1.42. The molecule has 1 aromatic heterocycles. The average molecular weight is 187 g/mol. The van der Waals surface area contributed by atoms with Crippen LogP contribution in [0.25, 0.3) is 11.1 Å². The van der Waals surface area contributed by atoms with Crippen molar-refractivity contribution in [2.24, 2.45) is 0 Å². The van der Waals surface area contributed by atoms with Gasteiger partial charge in [0.05, 0.1) is 0 Å². The fourth-order valence-corrected chi connectivity index (χ4v) is 1.42. The van der Waals surface area contributed by atoms with Crippen LogP contribution in [0.2, 0.25) is 0 Å². The Kier molecular flexibility index (Phi) is 2.27. The maximum atomic E-state index is 12.7. The third kappa shape index (κ3) is 1.64. The summed E-state index contributed by atoms with van der Waals surface area (Å²) in [6, 6.07) is 10.3. The van der Waals surface area contributed by atoms with E-state index in [0.29, 0.717) is 0 Å². The van der Waals surface area contributed by atoms with Crippen LogP contribution in [0.1, 0.15) is 5.69 Å². The number of nitrogens with zero attached hydrogens (tertiary/aromatic N) is 1. The van der Waals surface area contributed by atoms with Gasteiger partial charge in [0.1, 0.15) is 5.82 Å². The molecule has 0 unspecified atom stereocenters. The van der Waals surface area contributed by atoms with Crippen LogP contribution in [-0.4, -0.2) is 4.98 Å². The van der Waals surface area contributed by atoms with Crippen LogP contribution in [0.3, 0.4) is 0 Å². The van der Waals surface area contributed by atoms with Gasteiger partial charge in [0.2, 0.25) is 0 Å². The number of rotatable bonds is 1. The lowest BCUT2D eigenvalue weighted by molar-refractivity contribution is 0.628. The predicted molar refractivity (Wildman–Crippen MR) is 54.4 cm³/mol. The summed E-state index contributed by atoms with van der Waals surface area (Å²) >= 11 is 0. The molecule has 0 atom stereocenters. The zero-order chi connectivity index (χ0) is 9.97. The lowest BCUT2D eigenvalue weighted by atomic mass is 10.1. The molecule has 0 aliphatic heterocycles. The molecule has 0 aliphatic carbocycles. The molecule has 14 heavy (non-hydrogen) atoms. The number of hydrogen-bond acceptors (Lipinski definition) is 1. The van der Waals surface area contributed by atoms with Gasteiger partial charge < -0.3 is 0 Å². The Hall–Kier alpha value is -1.70. The Balaban J connectivity index is 2.50. The molecular weight excluding hydrogens is 177 g/mol. The highest BCUT2D eigenvalue weighted by atomic mass is 19.1. The minimum atomic E-state index is -0.213. The van der Waals surface area contributed by atoms with Crippen molar-refractivity contribution < 1.29 is 4.39 Å². The van der Waals surface area contributed by atoms with Crippen LogP contribution < -0.4 is 0 Å². The van der Waals surface area contributed by atoms with Crippen molar-refractivity contribution in [1.82, 2.24) is 4.98 Å². The molecule has 0 N–H and O–H groups in total. The van der Waals surface area contributed by atoms with Gasteiger partial charge in [-0.05, 0) is 30.7 Å². The maximum Gasteiger partial charge on any atom is 0.123 e. The highest BCUT2D eigenvalue weighted by Gasteiger charge is 2.01. The number of halogens is 1. The van der Waals surface area contributed by atoms with Crippen molar-refractivity contribution in [2.45, 2.75) is 6.92 Å². The number of aryl methyl sites for hydroxylation is 1. The first-order chi connectivity index (χ1) is 6.77. The molecule has 2 aromatic rings. The molecule has 0 spiro atoms. The molecule has 0 saturated heterocycles. The lowest BCUT2D eigenvalue weighted by Crippen LogP contribution is -1.86. The quantitative estimate of drug-likeness (QED) is 0.668.